The third-order valence-electron chi connectivity index (χ3n) is 3.03. The van der Waals surface area contributed by atoms with Gasteiger partial charge in [0.1, 0.15) is 0 Å². The lowest BCUT2D eigenvalue weighted by Crippen LogP contribution is -2.07. The Morgan fingerprint density at radius 1 is 1.10 bits per heavy atom. The molecule has 0 atom stereocenters. The van der Waals surface area contributed by atoms with E-state index in [1.807, 2.05) is 0 Å². The molecule has 21 heavy (non-hydrogen) atoms. The molecule has 0 aliphatic rings. The fourth-order valence-corrected chi connectivity index (χ4v) is 2.08. The van der Waals surface area contributed by atoms with Gasteiger partial charge in [0, 0.05) is 11.3 Å². The third-order valence-corrected chi connectivity index (χ3v) is 3.03. The van der Waals surface area contributed by atoms with Gasteiger partial charge in [0.2, 0.25) is 0 Å². The van der Waals surface area contributed by atoms with E-state index in [1.165, 1.54) is 6.07 Å². The zero-order valence-corrected chi connectivity index (χ0v) is 10.8. The number of hydrogen-bond acceptors (Lipinski definition) is 2. The average Bonchev–Trinajstić information content (AvgIpc) is 2.38. The van der Waals surface area contributed by atoms with Crippen LogP contribution in [0.2, 0.25) is 0 Å². The maximum absolute atomic E-state index is 12.6. The predicted octanol–water partition coefficient (Wildman–Crippen LogP) is 3.58. The molecule has 0 bridgehead atoms. The zero-order valence-electron chi connectivity index (χ0n) is 10.8. The Bertz CT molecular complexity index is 681. The lowest BCUT2D eigenvalue weighted by Gasteiger charge is -2.13. The van der Waals surface area contributed by atoms with Crippen LogP contribution in [0.1, 0.15) is 11.1 Å². The number of anilines is 1. The molecule has 0 fully saturated rings. The molecule has 2 aromatic rings. The van der Waals surface area contributed by atoms with Crippen molar-refractivity contribution in [2.24, 2.45) is 0 Å². The summed E-state index contributed by atoms with van der Waals surface area (Å²) in [6.07, 6.45) is -4.69. The standard InChI is InChI=1S/C15H12F3NO2/c16-15(17,18)10-5-6-12(13(19)8-10)11-4-2-1-3-9(11)7-14(20)21/h1-6,8H,7,19H2,(H,20,21). The highest BCUT2D eigenvalue weighted by molar-refractivity contribution is 5.82. The van der Waals surface area contributed by atoms with Gasteiger partial charge in [0.05, 0.1) is 12.0 Å². The number of nitrogen functional groups attached to an aromatic ring is 1. The molecule has 0 aliphatic carbocycles. The normalized spacial score (nSPS) is 11.4. The lowest BCUT2D eigenvalue weighted by atomic mass is 9.95. The summed E-state index contributed by atoms with van der Waals surface area (Å²) >= 11 is 0. The number of nitrogens with two attached hydrogens (primary N) is 1. The summed E-state index contributed by atoms with van der Waals surface area (Å²) in [5, 5.41) is 8.88. The maximum atomic E-state index is 12.6. The summed E-state index contributed by atoms with van der Waals surface area (Å²) in [7, 11) is 0. The average molecular weight is 295 g/mol. The van der Waals surface area contributed by atoms with Gasteiger partial charge in [-0.15, -0.1) is 0 Å². The number of rotatable bonds is 3. The summed E-state index contributed by atoms with van der Waals surface area (Å²) in [6.45, 7) is 0. The second-order valence-electron chi connectivity index (χ2n) is 4.53. The van der Waals surface area contributed by atoms with Crippen LogP contribution in [0.25, 0.3) is 11.1 Å². The van der Waals surface area contributed by atoms with Crippen molar-refractivity contribution in [2.75, 3.05) is 5.73 Å². The first-order valence-corrected chi connectivity index (χ1v) is 6.06. The number of carbonyl (C=O) groups is 1. The van der Waals surface area contributed by atoms with E-state index in [-0.39, 0.29) is 12.1 Å². The van der Waals surface area contributed by atoms with E-state index in [0.717, 1.165) is 12.1 Å². The lowest BCUT2D eigenvalue weighted by molar-refractivity contribution is -0.138. The number of carboxylic acid groups (broad SMARTS) is 1. The summed E-state index contributed by atoms with van der Waals surface area (Å²) in [6, 6.07) is 9.65. The molecule has 0 heterocycles. The van der Waals surface area contributed by atoms with Crippen molar-refractivity contribution in [2.45, 2.75) is 12.6 Å². The van der Waals surface area contributed by atoms with Crippen molar-refractivity contribution in [3.05, 3.63) is 53.6 Å². The van der Waals surface area contributed by atoms with Gasteiger partial charge in [-0.2, -0.15) is 13.2 Å². The highest BCUT2D eigenvalue weighted by Gasteiger charge is 2.30. The van der Waals surface area contributed by atoms with E-state index >= 15 is 0 Å². The molecule has 3 N–H and O–H groups in total. The smallest absolute Gasteiger partial charge is 0.416 e. The van der Waals surface area contributed by atoms with E-state index in [4.69, 9.17) is 10.8 Å². The van der Waals surface area contributed by atoms with Gasteiger partial charge in [-0.05, 0) is 23.3 Å². The van der Waals surface area contributed by atoms with E-state index < -0.39 is 17.7 Å². The molecule has 0 saturated heterocycles. The fraction of sp³-hybridized carbons (Fsp3) is 0.133. The molecule has 3 nitrogen and oxygen atoms in total. The first-order valence-electron chi connectivity index (χ1n) is 6.06. The van der Waals surface area contributed by atoms with Crippen LogP contribution in [0.4, 0.5) is 18.9 Å². The number of benzene rings is 2. The summed E-state index contributed by atoms with van der Waals surface area (Å²) in [5.74, 6) is -1.02. The highest BCUT2D eigenvalue weighted by atomic mass is 19.4. The molecule has 0 aliphatic heterocycles. The van der Waals surface area contributed by atoms with Crippen LogP contribution in [0.5, 0.6) is 0 Å². The minimum atomic E-state index is -4.47. The molecule has 2 rings (SSSR count). The molecule has 0 saturated carbocycles. The van der Waals surface area contributed by atoms with Crippen LogP contribution < -0.4 is 5.73 Å². The molecule has 0 aromatic heterocycles. The molecular weight excluding hydrogens is 283 g/mol. The Labute approximate surface area is 118 Å². The Morgan fingerprint density at radius 2 is 1.76 bits per heavy atom. The van der Waals surface area contributed by atoms with Crippen LogP contribution in [0.3, 0.4) is 0 Å². The van der Waals surface area contributed by atoms with E-state index in [9.17, 15) is 18.0 Å². The maximum Gasteiger partial charge on any atom is 0.416 e. The van der Waals surface area contributed by atoms with E-state index in [2.05, 4.69) is 0 Å². The molecule has 0 unspecified atom stereocenters. The quantitative estimate of drug-likeness (QED) is 0.851. The third kappa shape index (κ3) is 3.34. The van der Waals surface area contributed by atoms with Crippen molar-refractivity contribution in [1.29, 1.82) is 0 Å². The number of carboxylic acids is 1. The molecule has 0 amide bonds. The Morgan fingerprint density at radius 3 is 2.33 bits per heavy atom. The summed E-state index contributed by atoms with van der Waals surface area (Å²) in [4.78, 5) is 10.8. The van der Waals surface area contributed by atoms with Crippen LogP contribution in [0, 0.1) is 0 Å². The number of hydrogen-bond donors (Lipinski definition) is 2. The van der Waals surface area contributed by atoms with Crippen molar-refractivity contribution in [3.8, 4) is 11.1 Å². The van der Waals surface area contributed by atoms with Gasteiger partial charge in [0.15, 0.2) is 0 Å². The molecule has 6 heteroatoms. The van der Waals surface area contributed by atoms with Gasteiger partial charge >= 0.3 is 12.1 Å². The van der Waals surface area contributed by atoms with Gasteiger partial charge in [-0.25, -0.2) is 0 Å². The second kappa shape index (κ2) is 5.47. The second-order valence-corrected chi connectivity index (χ2v) is 4.53. The summed E-state index contributed by atoms with van der Waals surface area (Å²) < 4.78 is 37.9. The zero-order chi connectivity index (χ0) is 15.6. The summed E-state index contributed by atoms with van der Waals surface area (Å²) in [5.41, 5.74) is 6.23. The van der Waals surface area contributed by atoms with Gasteiger partial charge in [-0.3, -0.25) is 4.79 Å². The SMILES string of the molecule is Nc1cc(C(F)(F)F)ccc1-c1ccccc1CC(=O)O. The van der Waals surface area contributed by atoms with Crippen LogP contribution >= 0.6 is 0 Å². The Kier molecular flexibility index (Phi) is 3.88. The minimum absolute atomic E-state index is 0.0392. The van der Waals surface area contributed by atoms with Crippen LogP contribution in [-0.2, 0) is 17.4 Å². The number of halogens is 3. The molecule has 0 radical (unpaired) electrons. The molecule has 110 valence electrons. The van der Waals surface area contributed by atoms with E-state index in [0.29, 0.717) is 16.7 Å². The molecule has 0 spiro atoms. The monoisotopic (exact) mass is 295 g/mol. The number of alkyl halides is 3. The first-order chi connectivity index (χ1) is 9.79. The first kappa shape index (κ1) is 14.9. The van der Waals surface area contributed by atoms with Crippen molar-refractivity contribution < 1.29 is 23.1 Å². The minimum Gasteiger partial charge on any atom is -0.481 e. The van der Waals surface area contributed by atoms with Gasteiger partial charge in [-0.1, -0.05) is 30.3 Å². The largest absolute Gasteiger partial charge is 0.481 e. The number of aliphatic carboxylic acids is 1. The van der Waals surface area contributed by atoms with Crippen molar-refractivity contribution >= 4 is 11.7 Å². The molecule has 2 aromatic carbocycles. The fourth-order valence-electron chi connectivity index (χ4n) is 2.08. The topological polar surface area (TPSA) is 63.3 Å². The van der Waals surface area contributed by atoms with Crippen molar-refractivity contribution in [3.63, 3.8) is 0 Å². The Balaban J connectivity index is 2.50. The Hall–Kier alpha value is -2.50. The van der Waals surface area contributed by atoms with Crippen molar-refractivity contribution in [1.82, 2.24) is 0 Å². The van der Waals surface area contributed by atoms with Gasteiger partial charge in [0.25, 0.3) is 0 Å². The predicted molar refractivity (Wildman–Crippen MR) is 72.6 cm³/mol. The van der Waals surface area contributed by atoms with Crippen LogP contribution in [0.15, 0.2) is 42.5 Å². The highest BCUT2D eigenvalue weighted by Crippen LogP contribution is 2.35. The van der Waals surface area contributed by atoms with E-state index in [1.54, 1.807) is 24.3 Å². The molecular formula is C15H12F3NO2. The van der Waals surface area contributed by atoms with Gasteiger partial charge < -0.3 is 10.8 Å². The van der Waals surface area contributed by atoms with Crippen LogP contribution in [-0.4, -0.2) is 11.1 Å².